The first-order chi connectivity index (χ1) is 9.22. The van der Waals surface area contributed by atoms with Crippen LogP contribution in [0.4, 0.5) is 0 Å². The Hall–Kier alpha value is -2.07. The van der Waals surface area contributed by atoms with Crippen LogP contribution in [0.5, 0.6) is 0 Å². The van der Waals surface area contributed by atoms with E-state index in [9.17, 15) is 4.79 Å². The molecule has 0 saturated carbocycles. The van der Waals surface area contributed by atoms with Gasteiger partial charge in [-0.25, -0.2) is 0 Å². The van der Waals surface area contributed by atoms with Crippen molar-refractivity contribution in [1.29, 1.82) is 0 Å². The molecule has 1 amide bonds. The predicted molar refractivity (Wildman–Crippen MR) is 75.8 cm³/mol. The largest absolute Gasteiger partial charge is 0.353 e. The van der Waals surface area contributed by atoms with E-state index < -0.39 is 0 Å². The zero-order valence-electron chi connectivity index (χ0n) is 11.1. The van der Waals surface area contributed by atoms with E-state index in [1.54, 1.807) is 0 Å². The first-order valence-corrected chi connectivity index (χ1v) is 6.38. The molecule has 0 fully saturated rings. The van der Waals surface area contributed by atoms with E-state index >= 15 is 0 Å². The fraction of sp³-hybridized carbons (Fsp3) is 0.267. The maximum atomic E-state index is 12.2. The Balaban J connectivity index is 2.06. The maximum absolute atomic E-state index is 12.2. The second-order valence-corrected chi connectivity index (χ2v) is 4.49. The maximum Gasteiger partial charge on any atom is 0.251 e. The Morgan fingerprint density at radius 3 is 2.74 bits per heavy atom. The van der Waals surface area contributed by atoms with Crippen molar-refractivity contribution in [2.75, 3.05) is 6.54 Å². The summed E-state index contributed by atoms with van der Waals surface area (Å²) in [4.78, 5) is 12.2. The number of aryl methyl sites for hydroxylation is 1. The normalized spacial score (nSPS) is 10.4. The number of aromatic nitrogens is 1. The molecule has 1 heterocycles. The lowest BCUT2D eigenvalue weighted by Gasteiger charge is -2.10. The highest BCUT2D eigenvalue weighted by Gasteiger charge is 2.10. The van der Waals surface area contributed by atoms with Gasteiger partial charge in [-0.2, -0.15) is 0 Å². The van der Waals surface area contributed by atoms with Crippen LogP contribution in [-0.2, 0) is 20.0 Å². The van der Waals surface area contributed by atoms with Crippen LogP contribution >= 0.6 is 0 Å². The Morgan fingerprint density at radius 1 is 1.26 bits per heavy atom. The highest BCUT2D eigenvalue weighted by atomic mass is 16.1. The van der Waals surface area contributed by atoms with Gasteiger partial charge in [0.05, 0.1) is 6.54 Å². The van der Waals surface area contributed by atoms with Crippen molar-refractivity contribution < 1.29 is 4.79 Å². The van der Waals surface area contributed by atoms with Crippen LogP contribution in [0.2, 0.25) is 0 Å². The molecule has 4 heteroatoms. The van der Waals surface area contributed by atoms with Gasteiger partial charge in [-0.15, -0.1) is 0 Å². The molecule has 0 atom stereocenters. The van der Waals surface area contributed by atoms with Gasteiger partial charge in [0.25, 0.3) is 5.91 Å². The summed E-state index contributed by atoms with van der Waals surface area (Å²) in [5.41, 5.74) is 8.34. The van der Waals surface area contributed by atoms with Crippen molar-refractivity contribution in [2.45, 2.75) is 13.0 Å². The molecule has 19 heavy (non-hydrogen) atoms. The number of carbonyl (C=O) groups is 1. The molecule has 0 bridgehead atoms. The number of nitrogens with zero attached hydrogens (tertiary/aromatic N) is 1. The summed E-state index contributed by atoms with van der Waals surface area (Å²) in [5, 5.41) is 2.94. The van der Waals surface area contributed by atoms with Crippen LogP contribution in [-0.4, -0.2) is 17.0 Å². The molecule has 4 nitrogen and oxygen atoms in total. The molecule has 3 N–H and O–H groups in total. The quantitative estimate of drug-likeness (QED) is 0.852. The van der Waals surface area contributed by atoms with Crippen molar-refractivity contribution in [3.63, 3.8) is 0 Å². The lowest BCUT2D eigenvalue weighted by Crippen LogP contribution is -2.25. The van der Waals surface area contributed by atoms with Gasteiger partial charge in [-0.1, -0.05) is 18.2 Å². The summed E-state index contributed by atoms with van der Waals surface area (Å²) >= 11 is 0. The third-order valence-corrected chi connectivity index (χ3v) is 3.16. The van der Waals surface area contributed by atoms with Gasteiger partial charge in [0.15, 0.2) is 0 Å². The number of amides is 1. The van der Waals surface area contributed by atoms with Crippen molar-refractivity contribution in [2.24, 2.45) is 12.8 Å². The van der Waals surface area contributed by atoms with Gasteiger partial charge in [-0.05, 0) is 36.7 Å². The minimum atomic E-state index is -0.0507. The van der Waals surface area contributed by atoms with E-state index in [4.69, 9.17) is 5.73 Å². The number of nitrogens with one attached hydrogen (secondary N) is 1. The molecule has 2 aromatic rings. The van der Waals surface area contributed by atoms with Gasteiger partial charge in [0, 0.05) is 24.5 Å². The van der Waals surface area contributed by atoms with Gasteiger partial charge in [-0.3, -0.25) is 4.79 Å². The molecule has 0 aliphatic heterocycles. The summed E-state index contributed by atoms with van der Waals surface area (Å²) in [7, 11) is 1.96. The van der Waals surface area contributed by atoms with E-state index in [0.717, 1.165) is 11.3 Å². The smallest absolute Gasteiger partial charge is 0.251 e. The molecule has 2 rings (SSSR count). The van der Waals surface area contributed by atoms with Crippen molar-refractivity contribution in [3.8, 4) is 0 Å². The highest BCUT2D eigenvalue weighted by Crippen LogP contribution is 2.09. The average molecular weight is 257 g/mol. The van der Waals surface area contributed by atoms with E-state index in [2.05, 4.69) is 5.32 Å². The fourth-order valence-corrected chi connectivity index (χ4v) is 2.06. The summed E-state index contributed by atoms with van der Waals surface area (Å²) in [5.74, 6) is -0.0507. The Kier molecular flexibility index (Phi) is 4.36. The fourth-order valence-electron chi connectivity index (χ4n) is 2.06. The zero-order chi connectivity index (χ0) is 13.7. The van der Waals surface area contributed by atoms with Crippen LogP contribution in [0, 0.1) is 0 Å². The third-order valence-electron chi connectivity index (χ3n) is 3.16. The summed E-state index contributed by atoms with van der Waals surface area (Å²) < 4.78 is 1.99. The number of nitrogens with two attached hydrogens (primary N) is 1. The lowest BCUT2D eigenvalue weighted by molar-refractivity contribution is 0.0949. The molecular weight excluding hydrogens is 238 g/mol. The number of carbonyl (C=O) groups excluding carboxylic acids is 1. The monoisotopic (exact) mass is 257 g/mol. The number of rotatable bonds is 5. The van der Waals surface area contributed by atoms with Crippen LogP contribution in [0.3, 0.4) is 0 Å². The standard InChI is InChI=1S/C15H19N3O/c1-18-10-4-6-13(18)11-17-15(19)14-7-3-2-5-12(14)8-9-16/h2-7,10H,8-9,11,16H2,1H3,(H,17,19). The summed E-state index contributed by atoms with van der Waals surface area (Å²) in [6, 6.07) is 11.5. The summed E-state index contributed by atoms with van der Waals surface area (Å²) in [6.45, 7) is 1.07. The molecule has 0 radical (unpaired) electrons. The Labute approximate surface area is 113 Å². The lowest BCUT2D eigenvalue weighted by atomic mass is 10.0. The number of hydrogen-bond acceptors (Lipinski definition) is 2. The van der Waals surface area contributed by atoms with Crippen molar-refractivity contribution in [3.05, 3.63) is 59.4 Å². The molecule has 1 aromatic carbocycles. The molecule has 0 spiro atoms. The SMILES string of the molecule is Cn1cccc1CNC(=O)c1ccccc1CCN. The van der Waals surface area contributed by atoms with E-state index in [1.165, 1.54) is 0 Å². The van der Waals surface area contributed by atoms with Gasteiger partial charge in [0.1, 0.15) is 0 Å². The minimum absolute atomic E-state index is 0.0507. The van der Waals surface area contributed by atoms with Crippen LogP contribution in [0.25, 0.3) is 0 Å². The van der Waals surface area contributed by atoms with Crippen LogP contribution < -0.4 is 11.1 Å². The topological polar surface area (TPSA) is 60.0 Å². The highest BCUT2D eigenvalue weighted by molar-refractivity contribution is 5.95. The summed E-state index contributed by atoms with van der Waals surface area (Å²) in [6.07, 6.45) is 2.68. The first-order valence-electron chi connectivity index (χ1n) is 6.38. The van der Waals surface area contributed by atoms with E-state index in [-0.39, 0.29) is 5.91 Å². The van der Waals surface area contributed by atoms with Gasteiger partial charge in [0.2, 0.25) is 0 Å². The molecule has 0 aliphatic rings. The molecule has 100 valence electrons. The molecule has 0 unspecified atom stereocenters. The minimum Gasteiger partial charge on any atom is -0.353 e. The molecule has 0 aliphatic carbocycles. The Bertz CT molecular complexity index is 560. The number of benzene rings is 1. The predicted octanol–water partition coefficient (Wildman–Crippen LogP) is 1.46. The number of hydrogen-bond donors (Lipinski definition) is 2. The molecule has 0 saturated heterocycles. The van der Waals surface area contributed by atoms with Crippen molar-refractivity contribution >= 4 is 5.91 Å². The van der Waals surface area contributed by atoms with Gasteiger partial charge >= 0.3 is 0 Å². The van der Waals surface area contributed by atoms with Crippen LogP contribution in [0.1, 0.15) is 21.6 Å². The average Bonchev–Trinajstić information content (AvgIpc) is 2.82. The molecular formula is C15H19N3O. The third kappa shape index (κ3) is 3.23. The molecule has 1 aromatic heterocycles. The second kappa shape index (κ2) is 6.20. The first kappa shape index (κ1) is 13.4. The van der Waals surface area contributed by atoms with Crippen LogP contribution in [0.15, 0.2) is 42.6 Å². The second-order valence-electron chi connectivity index (χ2n) is 4.49. The van der Waals surface area contributed by atoms with Gasteiger partial charge < -0.3 is 15.6 Å². The Morgan fingerprint density at radius 2 is 2.05 bits per heavy atom. The van der Waals surface area contributed by atoms with E-state index in [0.29, 0.717) is 25.1 Å². The van der Waals surface area contributed by atoms with E-state index in [1.807, 2.05) is 54.2 Å². The van der Waals surface area contributed by atoms with Crippen molar-refractivity contribution in [1.82, 2.24) is 9.88 Å². The zero-order valence-corrected chi connectivity index (χ0v) is 11.1.